The lowest BCUT2D eigenvalue weighted by molar-refractivity contribution is 0.0827. The van der Waals surface area contributed by atoms with Crippen molar-refractivity contribution in [2.24, 2.45) is 5.41 Å². The van der Waals surface area contributed by atoms with Crippen LogP contribution in [0.15, 0.2) is 59.7 Å². The Morgan fingerprint density at radius 3 is 2.51 bits per heavy atom. The number of nitrogens with one attached hydrogen (secondary N) is 1. The predicted octanol–water partition coefficient (Wildman–Crippen LogP) is 7.69. The number of amides is 2. The van der Waals surface area contributed by atoms with Crippen LogP contribution < -0.4 is 10.1 Å². The van der Waals surface area contributed by atoms with E-state index in [1.165, 1.54) is 4.90 Å². The van der Waals surface area contributed by atoms with Crippen LogP contribution in [0.4, 0.5) is 5.69 Å². The Bertz CT molecular complexity index is 1550. The van der Waals surface area contributed by atoms with Crippen LogP contribution in [0.3, 0.4) is 0 Å². The lowest BCUT2D eigenvalue weighted by Gasteiger charge is -2.29. The number of hydrogen-bond donors (Lipinski definition) is 1. The third-order valence-corrected chi connectivity index (χ3v) is 7.78. The SMILES string of the molecule is COc1ccc(C(=O)N(C)C)cc1-c1nc(C(=O)Nc2cc(Cl)ccc2C)c(C[C@]2(C)C=CC(Cl)=CC2)n1C(C)C. The third-order valence-electron chi connectivity index (χ3n) is 7.26. The first-order valence-electron chi connectivity index (χ1n) is 13.5. The molecule has 0 unspecified atom stereocenters. The molecule has 2 amide bonds. The van der Waals surface area contributed by atoms with Gasteiger partial charge in [0.2, 0.25) is 0 Å². The number of halogens is 2. The number of ether oxygens (including phenoxy) is 1. The molecule has 0 bridgehead atoms. The highest BCUT2D eigenvalue weighted by atomic mass is 35.5. The smallest absolute Gasteiger partial charge is 0.276 e. The summed E-state index contributed by atoms with van der Waals surface area (Å²) in [6.45, 7) is 8.15. The van der Waals surface area contributed by atoms with Crippen molar-refractivity contribution in [2.45, 2.75) is 46.6 Å². The number of imidazole rings is 1. The monoisotopic (exact) mass is 594 g/mol. The standard InChI is InChI=1S/C32H36Cl2N4O3/c1-19(2)38-26(18-32(4)14-12-22(33)13-15-32)28(30(39)35-25-17-23(34)10-8-20(25)3)36-29(38)24-16-21(31(40)37(5)6)9-11-27(24)41-7/h8-14,16-17,19H,15,18H2,1-7H3,(H,35,39)/t32-/m1/s1. The zero-order chi connectivity index (χ0) is 30.1. The van der Waals surface area contributed by atoms with E-state index in [4.69, 9.17) is 32.9 Å². The van der Waals surface area contributed by atoms with Crippen molar-refractivity contribution in [3.63, 3.8) is 0 Å². The van der Waals surface area contributed by atoms with Crippen LogP contribution in [0.2, 0.25) is 5.02 Å². The molecule has 0 spiro atoms. The Kier molecular flexibility index (Phi) is 9.00. The van der Waals surface area contributed by atoms with Crippen LogP contribution in [0.5, 0.6) is 5.75 Å². The molecule has 3 aromatic rings. The van der Waals surface area contributed by atoms with E-state index in [-0.39, 0.29) is 23.3 Å². The first-order valence-corrected chi connectivity index (χ1v) is 14.2. The number of nitrogens with zero attached hydrogens (tertiary/aromatic N) is 3. The van der Waals surface area contributed by atoms with Crippen molar-refractivity contribution in [1.82, 2.24) is 14.5 Å². The summed E-state index contributed by atoms with van der Waals surface area (Å²) >= 11 is 12.5. The molecule has 2 aromatic carbocycles. The number of carbonyl (C=O) groups excluding carboxylic acids is 2. The maximum Gasteiger partial charge on any atom is 0.276 e. The zero-order valence-corrected chi connectivity index (χ0v) is 26.0. The number of methoxy groups -OCH3 is 1. The molecule has 0 aliphatic heterocycles. The Balaban J connectivity index is 1.93. The van der Waals surface area contributed by atoms with Gasteiger partial charge in [-0.05, 0) is 81.0 Å². The van der Waals surface area contributed by atoms with Gasteiger partial charge < -0.3 is 19.5 Å². The van der Waals surface area contributed by atoms with E-state index in [9.17, 15) is 9.59 Å². The average molecular weight is 596 g/mol. The van der Waals surface area contributed by atoms with Gasteiger partial charge >= 0.3 is 0 Å². The van der Waals surface area contributed by atoms with Gasteiger partial charge in [-0.15, -0.1) is 0 Å². The summed E-state index contributed by atoms with van der Waals surface area (Å²) in [4.78, 5) is 33.3. The molecule has 1 N–H and O–H groups in total. The van der Waals surface area contributed by atoms with Crippen molar-refractivity contribution in [3.05, 3.63) is 87.2 Å². The Labute approximate surface area is 251 Å². The lowest BCUT2D eigenvalue weighted by Crippen LogP contribution is -2.24. The number of carbonyl (C=O) groups is 2. The van der Waals surface area contributed by atoms with Crippen LogP contribution in [-0.2, 0) is 6.42 Å². The summed E-state index contributed by atoms with van der Waals surface area (Å²) in [5, 5.41) is 4.25. The normalized spacial score (nSPS) is 16.5. The highest BCUT2D eigenvalue weighted by Crippen LogP contribution is 2.39. The van der Waals surface area contributed by atoms with E-state index in [0.717, 1.165) is 11.3 Å². The number of aromatic nitrogens is 2. The topological polar surface area (TPSA) is 76.5 Å². The molecule has 4 rings (SSSR count). The van der Waals surface area contributed by atoms with Crippen molar-refractivity contribution < 1.29 is 14.3 Å². The minimum atomic E-state index is -0.345. The molecule has 0 saturated carbocycles. The average Bonchev–Trinajstić information content (AvgIpc) is 3.30. The molecule has 216 valence electrons. The first-order chi connectivity index (χ1) is 19.3. The van der Waals surface area contributed by atoms with Gasteiger partial charge in [-0.1, -0.05) is 48.3 Å². The molecule has 1 atom stereocenters. The molecule has 1 aromatic heterocycles. The maximum atomic E-state index is 14.0. The molecule has 1 aliphatic carbocycles. The molecule has 41 heavy (non-hydrogen) atoms. The number of allylic oxidation sites excluding steroid dienone is 4. The van der Waals surface area contributed by atoms with E-state index in [1.54, 1.807) is 51.5 Å². The van der Waals surface area contributed by atoms with Crippen LogP contribution in [0.1, 0.15) is 65.3 Å². The molecule has 1 aliphatic rings. The van der Waals surface area contributed by atoms with Crippen LogP contribution in [-0.4, -0.2) is 47.5 Å². The Morgan fingerprint density at radius 2 is 1.90 bits per heavy atom. The van der Waals surface area contributed by atoms with Crippen LogP contribution in [0, 0.1) is 12.3 Å². The van der Waals surface area contributed by atoms with E-state index in [0.29, 0.717) is 57.0 Å². The molecule has 0 fully saturated rings. The van der Waals surface area contributed by atoms with Gasteiger partial charge in [0.15, 0.2) is 0 Å². The summed E-state index contributed by atoms with van der Waals surface area (Å²) in [7, 11) is 4.99. The molecule has 1 heterocycles. The van der Waals surface area contributed by atoms with Crippen molar-refractivity contribution in [3.8, 4) is 17.1 Å². The Hall–Kier alpha value is -3.55. The zero-order valence-electron chi connectivity index (χ0n) is 24.5. The van der Waals surface area contributed by atoms with Gasteiger partial charge in [-0.3, -0.25) is 9.59 Å². The minimum absolute atomic E-state index is 0.0600. The van der Waals surface area contributed by atoms with Gasteiger partial charge in [-0.25, -0.2) is 4.98 Å². The number of rotatable bonds is 8. The van der Waals surface area contributed by atoms with Crippen molar-refractivity contribution in [2.75, 3.05) is 26.5 Å². The fraction of sp³-hybridized carbons (Fsp3) is 0.344. The molecule has 0 radical (unpaired) electrons. The summed E-state index contributed by atoms with van der Waals surface area (Å²) < 4.78 is 7.79. The van der Waals surface area contributed by atoms with Gasteiger partial charge in [0, 0.05) is 41.4 Å². The summed E-state index contributed by atoms with van der Waals surface area (Å²) in [5.74, 6) is 0.609. The highest BCUT2D eigenvalue weighted by Gasteiger charge is 2.32. The number of anilines is 1. The molecule has 7 nitrogen and oxygen atoms in total. The second-order valence-electron chi connectivity index (χ2n) is 11.2. The largest absolute Gasteiger partial charge is 0.496 e. The maximum absolute atomic E-state index is 14.0. The van der Waals surface area contributed by atoms with Gasteiger partial charge in [0.1, 0.15) is 17.3 Å². The third kappa shape index (κ3) is 6.52. The molecule has 9 heteroatoms. The van der Waals surface area contributed by atoms with Crippen LogP contribution in [0.25, 0.3) is 11.4 Å². The summed E-state index contributed by atoms with van der Waals surface area (Å²) in [5.41, 5.74) is 3.39. The van der Waals surface area contributed by atoms with Crippen LogP contribution >= 0.6 is 23.2 Å². The highest BCUT2D eigenvalue weighted by molar-refractivity contribution is 6.31. The van der Waals surface area contributed by atoms with Gasteiger partial charge in [0.05, 0.1) is 18.4 Å². The fourth-order valence-corrected chi connectivity index (χ4v) is 5.32. The van der Waals surface area contributed by atoms with Crippen molar-refractivity contribution >= 4 is 40.7 Å². The van der Waals surface area contributed by atoms with E-state index >= 15 is 0 Å². The Morgan fingerprint density at radius 1 is 1.17 bits per heavy atom. The quantitative estimate of drug-likeness (QED) is 0.290. The summed E-state index contributed by atoms with van der Waals surface area (Å²) in [6, 6.07) is 10.6. The number of benzene rings is 2. The molecular weight excluding hydrogens is 559 g/mol. The summed E-state index contributed by atoms with van der Waals surface area (Å²) in [6.07, 6.45) is 7.23. The van der Waals surface area contributed by atoms with E-state index < -0.39 is 0 Å². The van der Waals surface area contributed by atoms with E-state index in [1.807, 2.05) is 25.1 Å². The van der Waals surface area contributed by atoms with Crippen molar-refractivity contribution in [1.29, 1.82) is 0 Å². The van der Waals surface area contributed by atoms with Gasteiger partial charge in [0.25, 0.3) is 11.8 Å². The number of hydrogen-bond acceptors (Lipinski definition) is 4. The first kappa shape index (κ1) is 30.4. The minimum Gasteiger partial charge on any atom is -0.496 e. The fourth-order valence-electron chi connectivity index (χ4n) is 5.01. The predicted molar refractivity (Wildman–Crippen MR) is 166 cm³/mol. The second kappa shape index (κ2) is 12.1. The second-order valence-corrected chi connectivity index (χ2v) is 12.1. The molecule has 0 saturated heterocycles. The van der Waals surface area contributed by atoms with Gasteiger partial charge in [-0.2, -0.15) is 0 Å². The number of aryl methyl sites for hydroxylation is 1. The lowest BCUT2D eigenvalue weighted by atomic mass is 9.79. The molecular formula is C32H36Cl2N4O3. The van der Waals surface area contributed by atoms with E-state index in [2.05, 4.69) is 36.7 Å².